The van der Waals surface area contributed by atoms with Gasteiger partial charge in [0.1, 0.15) is 23.9 Å². The van der Waals surface area contributed by atoms with Crippen LogP contribution in [0, 0.1) is 11.3 Å². The highest BCUT2D eigenvalue weighted by molar-refractivity contribution is 5.97. The predicted molar refractivity (Wildman–Crippen MR) is 154 cm³/mol. The smallest absolute Gasteiger partial charge is 0.326 e. The number of hydrogen-bond acceptors (Lipinski definition) is 6. The van der Waals surface area contributed by atoms with E-state index in [9.17, 15) is 14.9 Å². The van der Waals surface area contributed by atoms with Crippen molar-refractivity contribution in [1.82, 2.24) is 0 Å². The van der Waals surface area contributed by atoms with Gasteiger partial charge in [0.15, 0.2) is 6.61 Å². The lowest BCUT2D eigenvalue weighted by atomic mass is 9.98. The Labute approximate surface area is 231 Å². The summed E-state index contributed by atoms with van der Waals surface area (Å²) in [6.07, 6.45) is 0. The summed E-state index contributed by atoms with van der Waals surface area (Å²) in [5.41, 5.74) is 3.91. The van der Waals surface area contributed by atoms with Crippen molar-refractivity contribution in [3.8, 4) is 28.5 Å². The molecule has 0 saturated heterocycles. The standard InChI is InChI=1S/C33H25N3O4/c34-21-28-31(24-13-5-1-6-14-24)32(25-15-7-2-8-16-25)40-33(28)35-29(37)23-39-30(38)22-36(26-17-9-3-10-18-26)27-19-11-4-12-20-27/h1-20H,22-23H2,(H,35,37). The number of esters is 1. The average molecular weight is 528 g/mol. The van der Waals surface area contributed by atoms with Crippen molar-refractivity contribution in [2.24, 2.45) is 0 Å². The van der Waals surface area contributed by atoms with Crippen LogP contribution in [0.5, 0.6) is 0 Å². The van der Waals surface area contributed by atoms with Gasteiger partial charge in [-0.1, -0.05) is 97.1 Å². The molecular weight excluding hydrogens is 502 g/mol. The van der Waals surface area contributed by atoms with Gasteiger partial charge in [0.2, 0.25) is 5.88 Å². The van der Waals surface area contributed by atoms with Crippen LogP contribution < -0.4 is 10.2 Å². The molecule has 7 heteroatoms. The Morgan fingerprint density at radius 2 is 1.25 bits per heavy atom. The Morgan fingerprint density at radius 3 is 1.77 bits per heavy atom. The van der Waals surface area contributed by atoms with Crippen molar-refractivity contribution in [3.05, 3.63) is 127 Å². The summed E-state index contributed by atoms with van der Waals surface area (Å²) in [7, 11) is 0. The van der Waals surface area contributed by atoms with Crippen molar-refractivity contribution >= 4 is 29.1 Å². The first-order valence-corrected chi connectivity index (χ1v) is 12.6. The van der Waals surface area contributed by atoms with Crippen LogP contribution in [-0.2, 0) is 14.3 Å². The number of nitrogens with one attached hydrogen (secondary N) is 1. The summed E-state index contributed by atoms with van der Waals surface area (Å²) in [6, 6.07) is 39.7. The van der Waals surface area contributed by atoms with Gasteiger partial charge in [0, 0.05) is 22.5 Å². The minimum Gasteiger partial charge on any atom is -0.454 e. The second kappa shape index (κ2) is 12.3. The molecule has 0 aliphatic rings. The number of amides is 1. The first kappa shape index (κ1) is 26.0. The van der Waals surface area contributed by atoms with Crippen LogP contribution in [-0.4, -0.2) is 25.0 Å². The molecule has 0 aliphatic heterocycles. The van der Waals surface area contributed by atoms with Crippen LogP contribution in [0.3, 0.4) is 0 Å². The van der Waals surface area contributed by atoms with E-state index in [-0.39, 0.29) is 18.0 Å². The quantitative estimate of drug-likeness (QED) is 0.212. The van der Waals surface area contributed by atoms with Crippen molar-refractivity contribution in [1.29, 1.82) is 5.26 Å². The summed E-state index contributed by atoms with van der Waals surface area (Å²) < 4.78 is 11.3. The maximum Gasteiger partial charge on any atom is 0.326 e. The van der Waals surface area contributed by atoms with Crippen LogP contribution in [0.4, 0.5) is 17.3 Å². The number of benzene rings is 4. The van der Waals surface area contributed by atoms with Gasteiger partial charge < -0.3 is 14.1 Å². The molecule has 7 nitrogen and oxygen atoms in total. The van der Waals surface area contributed by atoms with E-state index in [1.807, 2.05) is 121 Å². The summed E-state index contributed by atoms with van der Waals surface area (Å²) >= 11 is 0. The van der Waals surface area contributed by atoms with Crippen molar-refractivity contribution in [3.63, 3.8) is 0 Å². The second-order valence-electron chi connectivity index (χ2n) is 8.82. The zero-order valence-corrected chi connectivity index (χ0v) is 21.5. The molecule has 4 aromatic carbocycles. The van der Waals surface area contributed by atoms with Crippen molar-refractivity contribution in [2.75, 3.05) is 23.4 Å². The molecule has 0 fully saturated rings. The lowest BCUT2D eigenvalue weighted by Crippen LogP contribution is -2.29. The molecule has 0 radical (unpaired) electrons. The minimum atomic E-state index is -0.621. The van der Waals surface area contributed by atoms with Crippen molar-refractivity contribution < 1.29 is 18.7 Å². The Balaban J connectivity index is 1.32. The molecular formula is C33H25N3O4. The zero-order valence-electron chi connectivity index (χ0n) is 21.5. The highest BCUT2D eigenvalue weighted by Crippen LogP contribution is 2.41. The lowest BCUT2D eigenvalue weighted by molar-refractivity contribution is -0.145. The summed E-state index contributed by atoms with van der Waals surface area (Å²) in [4.78, 5) is 27.4. The van der Waals surface area contributed by atoms with Crippen molar-refractivity contribution in [2.45, 2.75) is 0 Å². The molecule has 196 valence electrons. The number of hydrogen-bond donors (Lipinski definition) is 1. The van der Waals surface area contributed by atoms with E-state index in [0.717, 1.165) is 22.5 Å². The zero-order chi connectivity index (χ0) is 27.7. The number of nitrogens with zero attached hydrogens (tertiary/aromatic N) is 2. The van der Waals surface area contributed by atoms with E-state index in [0.29, 0.717) is 11.3 Å². The average Bonchev–Trinajstić information content (AvgIpc) is 3.38. The highest BCUT2D eigenvalue weighted by atomic mass is 16.5. The normalized spacial score (nSPS) is 10.4. The monoisotopic (exact) mass is 527 g/mol. The maximum absolute atomic E-state index is 12.8. The molecule has 0 saturated carbocycles. The molecule has 0 unspecified atom stereocenters. The molecule has 0 spiro atoms. The number of rotatable bonds is 9. The lowest BCUT2D eigenvalue weighted by Gasteiger charge is -2.23. The summed E-state index contributed by atoms with van der Waals surface area (Å²) in [5, 5.41) is 12.6. The largest absolute Gasteiger partial charge is 0.454 e. The van der Waals surface area contributed by atoms with Crippen LogP contribution >= 0.6 is 0 Å². The molecule has 5 rings (SSSR count). The number of nitriles is 1. The Kier molecular flexibility index (Phi) is 7.99. The molecule has 0 atom stereocenters. The van der Waals surface area contributed by atoms with E-state index in [1.165, 1.54) is 0 Å². The van der Waals surface area contributed by atoms with Gasteiger partial charge in [0.25, 0.3) is 5.91 Å². The van der Waals surface area contributed by atoms with E-state index in [4.69, 9.17) is 9.15 Å². The van der Waals surface area contributed by atoms with E-state index in [2.05, 4.69) is 11.4 Å². The fourth-order valence-corrected chi connectivity index (χ4v) is 4.33. The third kappa shape index (κ3) is 5.93. The topological polar surface area (TPSA) is 95.6 Å². The summed E-state index contributed by atoms with van der Waals surface area (Å²) in [6.45, 7) is -0.634. The Morgan fingerprint density at radius 1 is 0.750 bits per heavy atom. The number of anilines is 3. The Bertz CT molecular complexity index is 1590. The molecule has 0 aliphatic carbocycles. The Hall–Kier alpha value is -5.61. The number of carbonyl (C=O) groups excluding carboxylic acids is 2. The van der Waals surface area contributed by atoms with Crippen LogP contribution in [0.2, 0.25) is 0 Å². The first-order chi connectivity index (χ1) is 19.6. The third-order valence-electron chi connectivity index (χ3n) is 6.16. The van der Waals surface area contributed by atoms with E-state index >= 15 is 0 Å². The molecule has 0 bridgehead atoms. The fourth-order valence-electron chi connectivity index (χ4n) is 4.33. The van der Waals surface area contributed by atoms with Gasteiger partial charge in [-0.05, 0) is 29.8 Å². The third-order valence-corrected chi connectivity index (χ3v) is 6.16. The molecule has 5 aromatic rings. The molecule has 1 aromatic heterocycles. The van der Waals surface area contributed by atoms with E-state index < -0.39 is 18.5 Å². The maximum atomic E-state index is 12.8. The van der Waals surface area contributed by atoms with Crippen LogP contribution in [0.15, 0.2) is 126 Å². The molecule has 1 N–H and O–H groups in total. The number of carbonyl (C=O) groups is 2. The first-order valence-electron chi connectivity index (χ1n) is 12.6. The predicted octanol–water partition coefficient (Wildman–Crippen LogP) is 6.81. The van der Waals surface area contributed by atoms with Crippen LogP contribution in [0.1, 0.15) is 5.56 Å². The van der Waals surface area contributed by atoms with Gasteiger partial charge in [-0.25, -0.2) is 0 Å². The minimum absolute atomic E-state index is 0.00328. The van der Waals surface area contributed by atoms with Gasteiger partial charge in [-0.2, -0.15) is 5.26 Å². The van der Waals surface area contributed by atoms with E-state index in [1.54, 1.807) is 4.90 Å². The SMILES string of the molecule is N#Cc1c(NC(=O)COC(=O)CN(c2ccccc2)c2ccccc2)oc(-c2ccccc2)c1-c1ccccc1. The highest BCUT2D eigenvalue weighted by Gasteiger charge is 2.24. The number of para-hydroxylation sites is 2. The van der Waals surface area contributed by atoms with Gasteiger partial charge in [-0.3, -0.25) is 14.9 Å². The van der Waals surface area contributed by atoms with Crippen LogP contribution in [0.25, 0.3) is 22.5 Å². The number of furan rings is 1. The summed E-state index contributed by atoms with van der Waals surface area (Å²) in [5.74, 6) is -0.755. The molecule has 1 heterocycles. The van der Waals surface area contributed by atoms with Gasteiger partial charge >= 0.3 is 5.97 Å². The fraction of sp³-hybridized carbons (Fsp3) is 0.0606. The number of ether oxygens (including phenoxy) is 1. The molecule has 1 amide bonds. The van der Waals surface area contributed by atoms with Gasteiger partial charge in [-0.15, -0.1) is 0 Å². The second-order valence-corrected chi connectivity index (χ2v) is 8.82. The van der Waals surface area contributed by atoms with Gasteiger partial charge in [0.05, 0.1) is 0 Å². The molecule has 40 heavy (non-hydrogen) atoms.